The second-order valence-corrected chi connectivity index (χ2v) is 3.22. The lowest BCUT2D eigenvalue weighted by Crippen LogP contribution is -2.26. The molecule has 0 aliphatic heterocycles. The molecule has 0 aromatic rings. The van der Waals surface area contributed by atoms with Crippen molar-refractivity contribution in [2.24, 2.45) is 0 Å². The predicted molar refractivity (Wildman–Crippen MR) is 43.6 cm³/mol. The fraction of sp³-hybridized carbons (Fsp3) is 0.600. The summed E-state index contributed by atoms with van der Waals surface area (Å²) in [6.07, 6.45) is -1.11. The Morgan fingerprint density at radius 2 is 1.38 bits per heavy atom. The average Bonchev–Trinajstić information content (AvgIpc) is 1.86. The van der Waals surface area contributed by atoms with Crippen LogP contribution in [0.2, 0.25) is 0 Å². The molecule has 0 aromatic heterocycles. The summed E-state index contributed by atoms with van der Waals surface area (Å²) in [4.78, 5) is 18.2. The van der Waals surface area contributed by atoms with Crippen LogP contribution in [-0.2, 0) is 9.59 Å². The van der Waals surface area contributed by atoms with Gasteiger partial charge in [0.05, 0.1) is 0 Å². The summed E-state index contributed by atoms with van der Waals surface area (Å²) < 4.78 is -2.00. The molecule has 1 atom stereocenters. The SMILES string of the molecule is CC(O)C(O)(Cl)Cl.O=C(O)C(=O)O. The zero-order valence-corrected chi connectivity index (χ0v) is 7.95. The first-order chi connectivity index (χ1) is 5.59. The molecule has 0 radical (unpaired) electrons. The van der Waals surface area contributed by atoms with Crippen LogP contribution in [0, 0.1) is 0 Å². The normalized spacial score (nSPS) is 12.4. The van der Waals surface area contributed by atoms with Crippen LogP contribution in [-0.4, -0.2) is 43.0 Å². The van der Waals surface area contributed by atoms with Crippen molar-refractivity contribution in [1.29, 1.82) is 0 Å². The van der Waals surface area contributed by atoms with E-state index in [0.29, 0.717) is 0 Å². The van der Waals surface area contributed by atoms with Crippen LogP contribution in [0.25, 0.3) is 0 Å². The number of aliphatic hydroxyl groups excluding tert-OH is 1. The Balaban J connectivity index is 0. The summed E-state index contributed by atoms with van der Waals surface area (Å²) in [7, 11) is 0. The molecule has 0 bridgehead atoms. The lowest BCUT2D eigenvalue weighted by Gasteiger charge is -2.13. The van der Waals surface area contributed by atoms with Crippen molar-refractivity contribution in [1.82, 2.24) is 0 Å². The zero-order valence-electron chi connectivity index (χ0n) is 6.44. The third-order valence-electron chi connectivity index (χ3n) is 0.686. The highest BCUT2D eigenvalue weighted by Gasteiger charge is 2.25. The van der Waals surface area contributed by atoms with E-state index in [1.807, 2.05) is 0 Å². The molecular formula is C5H8Cl2O6. The Morgan fingerprint density at radius 1 is 1.23 bits per heavy atom. The van der Waals surface area contributed by atoms with Gasteiger partial charge in [0.15, 0.2) is 0 Å². The lowest BCUT2D eigenvalue weighted by molar-refractivity contribution is -0.159. The van der Waals surface area contributed by atoms with E-state index in [1.54, 1.807) is 0 Å². The first-order valence-electron chi connectivity index (χ1n) is 2.83. The van der Waals surface area contributed by atoms with Gasteiger partial charge >= 0.3 is 11.9 Å². The molecule has 0 spiro atoms. The molecule has 1 unspecified atom stereocenters. The standard InChI is InChI=1S/C3H6Cl2O2.C2H2O4/c1-2(6)3(4,5)7;3-1(4)2(5)6/h2,6-7H,1H3;(H,3,4)(H,5,6). The Hall–Kier alpha value is -0.560. The number of rotatable bonds is 1. The molecule has 78 valence electrons. The Labute approximate surface area is 83.3 Å². The fourth-order valence-electron chi connectivity index (χ4n) is 0. The number of hydrogen-bond donors (Lipinski definition) is 4. The largest absolute Gasteiger partial charge is 0.473 e. The molecule has 0 rings (SSSR count). The summed E-state index contributed by atoms with van der Waals surface area (Å²) in [6, 6.07) is 0. The molecule has 13 heavy (non-hydrogen) atoms. The average molecular weight is 235 g/mol. The van der Waals surface area contributed by atoms with Gasteiger partial charge in [0.2, 0.25) is 4.52 Å². The number of carboxylic acid groups (broad SMARTS) is 2. The number of aliphatic hydroxyl groups is 2. The smallest absolute Gasteiger partial charge is 0.414 e. The van der Waals surface area contributed by atoms with E-state index in [2.05, 4.69) is 0 Å². The van der Waals surface area contributed by atoms with Gasteiger partial charge in [-0.2, -0.15) is 0 Å². The third kappa shape index (κ3) is 11.4. The van der Waals surface area contributed by atoms with Gasteiger partial charge in [0.1, 0.15) is 6.10 Å². The maximum atomic E-state index is 9.10. The van der Waals surface area contributed by atoms with Gasteiger partial charge in [0, 0.05) is 0 Å². The zero-order chi connectivity index (χ0) is 11.2. The topological polar surface area (TPSA) is 115 Å². The highest BCUT2D eigenvalue weighted by atomic mass is 35.5. The Morgan fingerprint density at radius 3 is 1.38 bits per heavy atom. The maximum Gasteiger partial charge on any atom is 0.414 e. The van der Waals surface area contributed by atoms with Crippen molar-refractivity contribution in [2.45, 2.75) is 17.5 Å². The molecule has 0 saturated carbocycles. The van der Waals surface area contributed by atoms with E-state index in [1.165, 1.54) is 6.92 Å². The number of alkyl halides is 2. The van der Waals surface area contributed by atoms with Gasteiger partial charge in [-0.05, 0) is 6.92 Å². The van der Waals surface area contributed by atoms with E-state index in [9.17, 15) is 0 Å². The Bertz CT molecular complexity index is 172. The summed E-state index contributed by atoms with van der Waals surface area (Å²) in [5.74, 6) is -3.65. The molecule has 6 nitrogen and oxygen atoms in total. The summed E-state index contributed by atoms with van der Waals surface area (Å²) in [6.45, 7) is 1.29. The van der Waals surface area contributed by atoms with Crippen LogP contribution in [0.4, 0.5) is 0 Å². The second-order valence-electron chi connectivity index (χ2n) is 1.87. The first-order valence-corrected chi connectivity index (χ1v) is 3.59. The molecule has 0 amide bonds. The monoisotopic (exact) mass is 234 g/mol. The first kappa shape index (κ1) is 14.9. The third-order valence-corrected chi connectivity index (χ3v) is 1.32. The van der Waals surface area contributed by atoms with Gasteiger partial charge < -0.3 is 20.4 Å². The molecule has 0 aliphatic carbocycles. The van der Waals surface area contributed by atoms with Gasteiger partial charge in [-0.15, -0.1) is 0 Å². The second kappa shape index (κ2) is 5.98. The van der Waals surface area contributed by atoms with E-state index in [-0.39, 0.29) is 0 Å². The summed E-state index contributed by atoms with van der Waals surface area (Å²) >= 11 is 9.88. The number of hydrogen-bond acceptors (Lipinski definition) is 4. The molecular weight excluding hydrogens is 227 g/mol. The summed E-state index contributed by atoms with van der Waals surface area (Å²) in [5, 5.41) is 31.5. The molecule has 0 aromatic carbocycles. The van der Waals surface area contributed by atoms with E-state index < -0.39 is 22.6 Å². The van der Waals surface area contributed by atoms with Gasteiger partial charge in [-0.1, -0.05) is 23.2 Å². The molecule has 0 aliphatic rings. The minimum atomic E-state index is -2.00. The van der Waals surface area contributed by atoms with E-state index in [0.717, 1.165) is 0 Å². The van der Waals surface area contributed by atoms with E-state index in [4.69, 9.17) is 53.2 Å². The van der Waals surface area contributed by atoms with Crippen LogP contribution in [0.5, 0.6) is 0 Å². The van der Waals surface area contributed by atoms with Gasteiger partial charge in [0.25, 0.3) is 0 Å². The van der Waals surface area contributed by atoms with Crippen LogP contribution in [0.3, 0.4) is 0 Å². The number of halogens is 2. The molecule has 0 saturated heterocycles. The van der Waals surface area contributed by atoms with Crippen molar-refractivity contribution in [3.8, 4) is 0 Å². The van der Waals surface area contributed by atoms with Crippen molar-refractivity contribution in [2.75, 3.05) is 0 Å². The van der Waals surface area contributed by atoms with E-state index >= 15 is 0 Å². The fourth-order valence-corrected chi connectivity index (χ4v) is 0. The van der Waals surface area contributed by atoms with Gasteiger partial charge in [-0.3, -0.25) is 0 Å². The van der Waals surface area contributed by atoms with Crippen molar-refractivity contribution < 1.29 is 30.0 Å². The molecule has 4 N–H and O–H groups in total. The number of carboxylic acids is 2. The van der Waals surface area contributed by atoms with Gasteiger partial charge in [-0.25, -0.2) is 9.59 Å². The maximum absolute atomic E-state index is 9.10. The molecule has 8 heteroatoms. The highest BCUT2D eigenvalue weighted by Crippen LogP contribution is 2.20. The van der Waals surface area contributed by atoms with Crippen molar-refractivity contribution in [3.63, 3.8) is 0 Å². The Kier molecular flexibility index (Phi) is 6.87. The van der Waals surface area contributed by atoms with Crippen LogP contribution in [0.15, 0.2) is 0 Å². The summed E-state index contributed by atoms with van der Waals surface area (Å²) in [5.41, 5.74) is 0. The minimum absolute atomic E-state index is 1.11. The molecule has 0 heterocycles. The van der Waals surface area contributed by atoms with Crippen molar-refractivity contribution in [3.05, 3.63) is 0 Å². The van der Waals surface area contributed by atoms with Crippen molar-refractivity contribution >= 4 is 35.1 Å². The van der Waals surface area contributed by atoms with Crippen LogP contribution in [0.1, 0.15) is 6.92 Å². The quantitative estimate of drug-likeness (QED) is 0.364. The predicted octanol–water partition coefficient (Wildman–Crippen LogP) is -0.353. The van der Waals surface area contributed by atoms with Crippen LogP contribution < -0.4 is 0 Å². The minimum Gasteiger partial charge on any atom is -0.473 e. The lowest BCUT2D eigenvalue weighted by atomic mass is 10.4. The highest BCUT2D eigenvalue weighted by molar-refractivity contribution is 6.47. The van der Waals surface area contributed by atoms with Crippen LogP contribution >= 0.6 is 23.2 Å². The molecule has 0 fully saturated rings. The number of aliphatic carboxylic acids is 2. The number of carbonyl (C=O) groups is 2.